The van der Waals surface area contributed by atoms with Crippen molar-refractivity contribution in [3.8, 4) is 0 Å². The van der Waals surface area contributed by atoms with Crippen LogP contribution in [0.5, 0.6) is 0 Å². The van der Waals surface area contributed by atoms with Crippen molar-refractivity contribution in [2.24, 2.45) is 0 Å². The number of benzene rings is 2. The SMILES string of the molecule is CC(=O)OC[C@H]1O[C@@H](N2C(=O)C(=Cc3ccc4ccccc4c3)SC2=S)[C@H](OC(C)=O)[C@@H](OC(C)=O)[C@@H]1OC(C)=O. The van der Waals surface area contributed by atoms with Gasteiger partial charge in [-0.1, -0.05) is 60.4 Å². The Kier molecular flexibility index (Phi) is 9.41. The Hall–Kier alpha value is -3.81. The Labute approximate surface area is 245 Å². The van der Waals surface area contributed by atoms with Gasteiger partial charge in [0.05, 0.1) is 4.91 Å². The van der Waals surface area contributed by atoms with E-state index in [2.05, 4.69) is 0 Å². The van der Waals surface area contributed by atoms with Crippen molar-refractivity contribution in [2.75, 3.05) is 6.61 Å². The number of hydrogen-bond donors (Lipinski definition) is 0. The molecule has 1 amide bonds. The summed E-state index contributed by atoms with van der Waals surface area (Å²) in [5.74, 6) is -3.51. The summed E-state index contributed by atoms with van der Waals surface area (Å²) in [6, 6.07) is 13.5. The molecule has 0 aliphatic carbocycles. The zero-order valence-corrected chi connectivity index (χ0v) is 24.2. The lowest BCUT2D eigenvalue weighted by molar-refractivity contribution is -0.268. The highest BCUT2D eigenvalue weighted by atomic mass is 32.2. The zero-order valence-electron chi connectivity index (χ0n) is 22.6. The van der Waals surface area contributed by atoms with Gasteiger partial charge in [-0.3, -0.25) is 28.9 Å². The minimum Gasteiger partial charge on any atom is -0.463 e. The lowest BCUT2D eigenvalue weighted by Crippen LogP contribution is -2.66. The first kappa shape index (κ1) is 30.2. The summed E-state index contributed by atoms with van der Waals surface area (Å²) in [4.78, 5) is 62.9. The van der Waals surface area contributed by atoms with Crippen LogP contribution in [0.25, 0.3) is 16.8 Å². The second-order valence-electron chi connectivity index (χ2n) is 9.25. The molecule has 2 aliphatic rings. The minimum atomic E-state index is -1.45. The number of thioether (sulfide) groups is 1. The van der Waals surface area contributed by atoms with Crippen LogP contribution in [0, 0.1) is 0 Å². The van der Waals surface area contributed by atoms with Crippen LogP contribution in [-0.4, -0.2) is 76.3 Å². The second-order valence-corrected chi connectivity index (χ2v) is 10.9. The van der Waals surface area contributed by atoms with Crippen molar-refractivity contribution in [1.82, 2.24) is 4.90 Å². The van der Waals surface area contributed by atoms with Crippen LogP contribution < -0.4 is 0 Å². The zero-order chi connectivity index (χ0) is 29.8. The van der Waals surface area contributed by atoms with Crippen molar-refractivity contribution in [2.45, 2.75) is 58.3 Å². The molecule has 13 heteroatoms. The predicted octanol–water partition coefficient (Wildman–Crippen LogP) is 3.12. The molecule has 11 nitrogen and oxygen atoms in total. The molecule has 2 aromatic carbocycles. The van der Waals surface area contributed by atoms with Crippen LogP contribution in [-0.2, 0) is 47.7 Å². The monoisotopic (exact) mass is 601 g/mol. The number of amides is 1. The van der Waals surface area contributed by atoms with Crippen molar-refractivity contribution in [3.63, 3.8) is 0 Å². The number of hydrogen-bond acceptors (Lipinski definition) is 12. The normalized spacial score (nSPS) is 25.2. The summed E-state index contributed by atoms with van der Waals surface area (Å²) in [6.45, 7) is 4.12. The molecule has 4 rings (SSSR count). The van der Waals surface area contributed by atoms with Crippen molar-refractivity contribution in [1.29, 1.82) is 0 Å². The first-order valence-corrected chi connectivity index (χ1v) is 13.7. The number of carbonyl (C=O) groups excluding carboxylic acids is 5. The van der Waals surface area contributed by atoms with Crippen LogP contribution in [0.15, 0.2) is 47.4 Å². The molecule has 0 N–H and O–H groups in total. The highest BCUT2D eigenvalue weighted by Crippen LogP contribution is 2.39. The summed E-state index contributed by atoms with van der Waals surface area (Å²) in [7, 11) is 0. The number of rotatable bonds is 7. The van der Waals surface area contributed by atoms with Gasteiger partial charge in [0, 0.05) is 27.7 Å². The van der Waals surface area contributed by atoms with Gasteiger partial charge in [0.1, 0.15) is 12.7 Å². The number of fused-ring (bicyclic) bond motifs is 1. The van der Waals surface area contributed by atoms with Gasteiger partial charge in [-0.05, 0) is 28.5 Å². The molecule has 5 atom stereocenters. The largest absolute Gasteiger partial charge is 0.463 e. The van der Waals surface area contributed by atoms with Gasteiger partial charge in [0.15, 0.2) is 28.9 Å². The molecule has 0 bridgehead atoms. The third kappa shape index (κ3) is 7.10. The lowest BCUT2D eigenvalue weighted by atomic mass is 9.96. The summed E-state index contributed by atoms with van der Waals surface area (Å²) >= 11 is 6.55. The van der Waals surface area contributed by atoms with Gasteiger partial charge in [-0.2, -0.15) is 0 Å². The van der Waals surface area contributed by atoms with Crippen molar-refractivity contribution in [3.05, 3.63) is 52.9 Å². The van der Waals surface area contributed by atoms with E-state index in [0.29, 0.717) is 0 Å². The maximum absolute atomic E-state index is 13.7. The molecule has 2 aliphatic heterocycles. The average molecular weight is 602 g/mol. The van der Waals surface area contributed by atoms with Crippen molar-refractivity contribution >= 4 is 74.9 Å². The fraction of sp³-hybridized carbons (Fsp3) is 0.357. The van der Waals surface area contributed by atoms with E-state index >= 15 is 0 Å². The molecule has 2 saturated heterocycles. The van der Waals surface area contributed by atoms with Gasteiger partial charge in [0.2, 0.25) is 0 Å². The van der Waals surface area contributed by atoms with E-state index in [1.165, 1.54) is 6.92 Å². The quantitative estimate of drug-likeness (QED) is 0.200. The Morgan fingerprint density at radius 2 is 1.49 bits per heavy atom. The fourth-order valence-electron chi connectivity index (χ4n) is 4.56. The van der Waals surface area contributed by atoms with Crippen molar-refractivity contribution < 1.29 is 47.7 Å². The molecule has 216 valence electrons. The molecular formula is C28H27NO10S2. The van der Waals surface area contributed by atoms with E-state index in [1.54, 1.807) is 6.08 Å². The lowest BCUT2D eigenvalue weighted by Gasteiger charge is -2.46. The molecule has 41 heavy (non-hydrogen) atoms. The van der Waals surface area contributed by atoms with Crippen LogP contribution >= 0.6 is 24.0 Å². The van der Waals surface area contributed by atoms with E-state index in [9.17, 15) is 24.0 Å². The molecule has 2 fully saturated rings. The Balaban J connectivity index is 1.73. The van der Waals surface area contributed by atoms with Gasteiger partial charge >= 0.3 is 23.9 Å². The molecule has 2 aromatic rings. The first-order chi connectivity index (χ1) is 19.4. The number of thiocarbonyl (C=S) groups is 1. The second kappa shape index (κ2) is 12.8. The number of carbonyl (C=O) groups is 5. The Bertz CT molecular complexity index is 1440. The van der Waals surface area contributed by atoms with E-state index in [4.69, 9.17) is 35.9 Å². The van der Waals surface area contributed by atoms with Crippen LogP contribution in [0.1, 0.15) is 33.3 Å². The van der Waals surface area contributed by atoms with E-state index < -0.39 is 67.0 Å². The molecule has 2 heterocycles. The fourth-order valence-corrected chi connectivity index (χ4v) is 5.87. The Morgan fingerprint density at radius 3 is 2.12 bits per heavy atom. The number of nitrogens with zero attached hydrogens (tertiary/aromatic N) is 1. The highest BCUT2D eigenvalue weighted by Gasteiger charge is 2.56. The molecule has 0 aromatic heterocycles. The molecule has 0 radical (unpaired) electrons. The third-order valence-corrected chi connectivity index (χ3v) is 7.45. The highest BCUT2D eigenvalue weighted by molar-refractivity contribution is 8.26. The third-order valence-electron chi connectivity index (χ3n) is 6.12. The predicted molar refractivity (Wildman–Crippen MR) is 151 cm³/mol. The van der Waals surface area contributed by atoms with E-state index in [0.717, 1.165) is 53.8 Å². The summed E-state index contributed by atoms with van der Waals surface area (Å²) < 4.78 is 27.6. The van der Waals surface area contributed by atoms with Crippen LogP contribution in [0.2, 0.25) is 0 Å². The summed E-state index contributed by atoms with van der Waals surface area (Å²) in [5, 5.41) is 2.02. The van der Waals surface area contributed by atoms with Crippen LogP contribution in [0.4, 0.5) is 0 Å². The van der Waals surface area contributed by atoms with Gasteiger partial charge in [-0.15, -0.1) is 0 Å². The standard InChI is InChI=1S/C28H27NO10S2/c1-14(30)35-13-21-23(36-15(2)31)24(37-16(3)32)25(38-17(4)33)27(39-21)29-26(34)22(41-28(29)40)12-18-9-10-19-7-5-6-8-20(19)11-18/h5-12,21,23-25,27H,13H2,1-4H3/t21-,23-,24+,25-,27-/m1/s1. The maximum Gasteiger partial charge on any atom is 0.303 e. The number of ether oxygens (including phenoxy) is 5. The maximum atomic E-state index is 13.7. The summed E-state index contributed by atoms with van der Waals surface area (Å²) in [6.07, 6.45) is -5.16. The molecule has 0 spiro atoms. The van der Waals surface area contributed by atoms with Crippen LogP contribution in [0.3, 0.4) is 0 Å². The molecule has 0 unspecified atom stereocenters. The van der Waals surface area contributed by atoms with Gasteiger partial charge < -0.3 is 23.7 Å². The van der Waals surface area contributed by atoms with E-state index in [-0.39, 0.29) is 9.23 Å². The smallest absolute Gasteiger partial charge is 0.303 e. The molecule has 0 saturated carbocycles. The Morgan fingerprint density at radius 1 is 0.878 bits per heavy atom. The van der Waals surface area contributed by atoms with Gasteiger partial charge in [0.25, 0.3) is 5.91 Å². The van der Waals surface area contributed by atoms with E-state index in [1.807, 2.05) is 42.5 Å². The summed E-state index contributed by atoms with van der Waals surface area (Å²) in [5.41, 5.74) is 0.755. The topological polar surface area (TPSA) is 135 Å². The first-order valence-electron chi connectivity index (χ1n) is 12.5. The molecular weight excluding hydrogens is 574 g/mol. The number of esters is 4. The average Bonchev–Trinajstić information content (AvgIpc) is 3.16. The minimum absolute atomic E-state index is 0.0861. The van der Waals surface area contributed by atoms with Gasteiger partial charge in [-0.25, -0.2) is 0 Å².